The van der Waals surface area contributed by atoms with Gasteiger partial charge in [-0.15, -0.1) is 0 Å². The lowest BCUT2D eigenvalue weighted by Crippen LogP contribution is -2.40. The van der Waals surface area contributed by atoms with Crippen molar-refractivity contribution in [2.45, 2.75) is 51.1 Å². The van der Waals surface area contributed by atoms with Crippen LogP contribution < -0.4 is 16.0 Å². The van der Waals surface area contributed by atoms with Crippen LogP contribution in [0.5, 0.6) is 0 Å². The molecule has 3 amide bonds. The van der Waals surface area contributed by atoms with Crippen LogP contribution in [0.4, 0.5) is 9.18 Å². The molecule has 1 aromatic rings. The monoisotopic (exact) mass is 321 g/mol. The minimum absolute atomic E-state index is 0.0178. The normalized spacial score (nSPS) is 15.0. The first-order valence-corrected chi connectivity index (χ1v) is 8.19. The molecule has 0 radical (unpaired) electrons. The van der Waals surface area contributed by atoms with Crippen molar-refractivity contribution in [3.63, 3.8) is 0 Å². The fourth-order valence-corrected chi connectivity index (χ4v) is 2.68. The minimum atomic E-state index is -0.334. The fraction of sp³-hybridized carbons (Fsp3) is 0.529. The molecule has 126 valence electrons. The Hall–Kier alpha value is -2.11. The van der Waals surface area contributed by atoms with E-state index in [-0.39, 0.29) is 24.2 Å². The molecule has 1 aromatic carbocycles. The quantitative estimate of drug-likeness (QED) is 0.753. The Morgan fingerprint density at radius 2 is 1.74 bits per heavy atom. The zero-order valence-corrected chi connectivity index (χ0v) is 13.2. The third-order valence-electron chi connectivity index (χ3n) is 3.97. The molecule has 0 heterocycles. The van der Waals surface area contributed by atoms with Crippen LogP contribution in [0, 0.1) is 5.82 Å². The van der Waals surface area contributed by atoms with Crippen LogP contribution in [-0.4, -0.2) is 24.5 Å². The molecule has 23 heavy (non-hydrogen) atoms. The molecule has 1 saturated carbocycles. The van der Waals surface area contributed by atoms with Crippen LogP contribution in [0.3, 0.4) is 0 Å². The van der Waals surface area contributed by atoms with Crippen molar-refractivity contribution < 1.29 is 14.0 Å². The Balaban J connectivity index is 1.57. The first-order valence-electron chi connectivity index (χ1n) is 8.19. The second-order valence-electron chi connectivity index (χ2n) is 5.89. The van der Waals surface area contributed by atoms with E-state index in [0.29, 0.717) is 19.1 Å². The van der Waals surface area contributed by atoms with Crippen molar-refractivity contribution in [1.82, 2.24) is 16.0 Å². The van der Waals surface area contributed by atoms with Gasteiger partial charge in [0.2, 0.25) is 5.91 Å². The summed E-state index contributed by atoms with van der Waals surface area (Å²) in [6.07, 6.45) is 5.99. The van der Waals surface area contributed by atoms with Crippen molar-refractivity contribution in [3.05, 3.63) is 35.6 Å². The van der Waals surface area contributed by atoms with E-state index in [9.17, 15) is 14.0 Å². The first kappa shape index (κ1) is 17.2. The standard InChI is InChI=1S/C17H24FN3O2/c18-14-8-6-13(7-9-14)12-20-17(23)19-11-10-16(22)21-15-4-2-1-3-5-15/h6-9,15H,1-5,10-12H2,(H,21,22)(H2,19,20,23). The number of urea groups is 1. The van der Waals surface area contributed by atoms with Crippen LogP contribution in [0.15, 0.2) is 24.3 Å². The van der Waals surface area contributed by atoms with E-state index < -0.39 is 0 Å². The third-order valence-corrected chi connectivity index (χ3v) is 3.97. The second-order valence-corrected chi connectivity index (χ2v) is 5.89. The summed E-state index contributed by atoms with van der Waals surface area (Å²) in [5.74, 6) is -0.321. The average Bonchev–Trinajstić information content (AvgIpc) is 2.55. The van der Waals surface area contributed by atoms with E-state index in [1.165, 1.54) is 31.4 Å². The van der Waals surface area contributed by atoms with Gasteiger partial charge in [0.15, 0.2) is 0 Å². The highest BCUT2D eigenvalue weighted by Gasteiger charge is 2.15. The molecule has 0 aromatic heterocycles. The molecule has 1 aliphatic carbocycles. The van der Waals surface area contributed by atoms with E-state index >= 15 is 0 Å². The molecule has 2 rings (SSSR count). The number of amides is 3. The Morgan fingerprint density at radius 1 is 1.04 bits per heavy atom. The molecule has 5 nitrogen and oxygen atoms in total. The molecule has 0 saturated heterocycles. The van der Waals surface area contributed by atoms with Crippen LogP contribution in [0.1, 0.15) is 44.1 Å². The first-order chi connectivity index (χ1) is 11.1. The molecule has 0 unspecified atom stereocenters. The van der Waals surface area contributed by atoms with Crippen LogP contribution in [-0.2, 0) is 11.3 Å². The molecular formula is C17H24FN3O2. The summed E-state index contributed by atoms with van der Waals surface area (Å²) >= 11 is 0. The number of benzene rings is 1. The molecule has 0 aliphatic heterocycles. The number of nitrogens with one attached hydrogen (secondary N) is 3. The Bertz CT molecular complexity index is 513. The van der Waals surface area contributed by atoms with Crippen molar-refractivity contribution in [3.8, 4) is 0 Å². The maximum atomic E-state index is 12.8. The molecular weight excluding hydrogens is 297 g/mol. The summed E-state index contributed by atoms with van der Waals surface area (Å²) in [6.45, 7) is 0.619. The van der Waals surface area contributed by atoms with Crippen molar-refractivity contribution in [1.29, 1.82) is 0 Å². The lowest BCUT2D eigenvalue weighted by molar-refractivity contribution is -0.121. The SMILES string of the molecule is O=C(CCNC(=O)NCc1ccc(F)cc1)NC1CCCCC1. The zero-order valence-electron chi connectivity index (χ0n) is 13.2. The number of carbonyl (C=O) groups excluding carboxylic acids is 2. The molecule has 3 N–H and O–H groups in total. The van der Waals surface area contributed by atoms with Gasteiger partial charge in [-0.25, -0.2) is 9.18 Å². The predicted octanol–water partition coefficient (Wildman–Crippen LogP) is 2.46. The van der Waals surface area contributed by atoms with E-state index in [1.54, 1.807) is 12.1 Å². The lowest BCUT2D eigenvalue weighted by Gasteiger charge is -2.22. The fourth-order valence-electron chi connectivity index (χ4n) is 2.68. The van der Waals surface area contributed by atoms with Gasteiger partial charge in [-0.05, 0) is 30.5 Å². The number of hydrogen-bond donors (Lipinski definition) is 3. The van der Waals surface area contributed by atoms with E-state index in [4.69, 9.17) is 0 Å². The molecule has 1 aliphatic rings. The van der Waals surface area contributed by atoms with E-state index in [0.717, 1.165) is 18.4 Å². The maximum Gasteiger partial charge on any atom is 0.315 e. The second kappa shape index (κ2) is 9.12. The molecule has 6 heteroatoms. The summed E-state index contributed by atoms with van der Waals surface area (Å²) in [7, 11) is 0. The smallest absolute Gasteiger partial charge is 0.315 e. The summed E-state index contributed by atoms with van der Waals surface area (Å²) in [6, 6.07) is 5.90. The van der Waals surface area contributed by atoms with Crippen molar-refractivity contribution in [2.24, 2.45) is 0 Å². The van der Waals surface area contributed by atoms with Gasteiger partial charge in [0.25, 0.3) is 0 Å². The van der Waals surface area contributed by atoms with Crippen LogP contribution in [0.25, 0.3) is 0 Å². The largest absolute Gasteiger partial charge is 0.353 e. The van der Waals surface area contributed by atoms with Crippen LogP contribution in [0.2, 0.25) is 0 Å². The van der Waals surface area contributed by atoms with Gasteiger partial charge in [-0.3, -0.25) is 4.79 Å². The summed E-state index contributed by atoms with van der Waals surface area (Å²) in [4.78, 5) is 23.4. The van der Waals surface area contributed by atoms with Gasteiger partial charge < -0.3 is 16.0 Å². The molecule has 1 fully saturated rings. The predicted molar refractivity (Wildman–Crippen MR) is 86.3 cm³/mol. The number of halogens is 1. The van der Waals surface area contributed by atoms with Gasteiger partial charge in [-0.1, -0.05) is 31.4 Å². The maximum absolute atomic E-state index is 12.8. The van der Waals surface area contributed by atoms with Crippen LogP contribution >= 0.6 is 0 Å². The van der Waals surface area contributed by atoms with Gasteiger partial charge in [-0.2, -0.15) is 0 Å². The number of rotatable bonds is 6. The molecule has 0 bridgehead atoms. The summed E-state index contributed by atoms with van der Waals surface area (Å²) < 4.78 is 12.8. The zero-order chi connectivity index (χ0) is 16.5. The van der Waals surface area contributed by atoms with Gasteiger partial charge >= 0.3 is 6.03 Å². The summed E-state index contributed by atoms with van der Waals surface area (Å²) in [5.41, 5.74) is 0.816. The van der Waals surface area contributed by atoms with E-state index in [1.807, 2.05) is 0 Å². The van der Waals surface area contributed by atoms with Crippen molar-refractivity contribution >= 4 is 11.9 Å². The topological polar surface area (TPSA) is 70.2 Å². The van der Waals surface area contributed by atoms with Gasteiger partial charge in [0, 0.05) is 25.6 Å². The number of carbonyl (C=O) groups is 2. The molecule has 0 atom stereocenters. The third kappa shape index (κ3) is 6.67. The Labute approximate surface area is 136 Å². The van der Waals surface area contributed by atoms with Gasteiger partial charge in [0.1, 0.15) is 5.82 Å². The highest BCUT2D eigenvalue weighted by Crippen LogP contribution is 2.17. The highest BCUT2D eigenvalue weighted by molar-refractivity contribution is 5.78. The average molecular weight is 321 g/mol. The Morgan fingerprint density at radius 3 is 2.43 bits per heavy atom. The number of hydrogen-bond acceptors (Lipinski definition) is 2. The summed E-state index contributed by atoms with van der Waals surface area (Å²) in [5, 5.41) is 8.33. The van der Waals surface area contributed by atoms with Gasteiger partial charge in [0.05, 0.1) is 0 Å². The van der Waals surface area contributed by atoms with Crippen molar-refractivity contribution in [2.75, 3.05) is 6.54 Å². The lowest BCUT2D eigenvalue weighted by atomic mass is 9.95. The Kier molecular flexibility index (Phi) is 6.84. The highest BCUT2D eigenvalue weighted by atomic mass is 19.1. The van der Waals surface area contributed by atoms with E-state index in [2.05, 4.69) is 16.0 Å². The minimum Gasteiger partial charge on any atom is -0.353 e. The molecule has 0 spiro atoms.